The number of benzene rings is 1. The van der Waals surface area contributed by atoms with Crippen LogP contribution < -0.4 is 10.1 Å². The third-order valence-electron chi connectivity index (χ3n) is 5.61. The van der Waals surface area contributed by atoms with Gasteiger partial charge in [-0.2, -0.15) is 0 Å². The first-order valence-corrected chi connectivity index (χ1v) is 10.7. The highest BCUT2D eigenvalue weighted by Gasteiger charge is 2.25. The van der Waals surface area contributed by atoms with E-state index in [1.54, 1.807) is 14.5 Å². The van der Waals surface area contributed by atoms with Gasteiger partial charge in [-0.15, -0.1) is 5.10 Å². The fourth-order valence-corrected chi connectivity index (χ4v) is 3.96. The van der Waals surface area contributed by atoms with Crippen LogP contribution in [0.4, 0.5) is 10.5 Å². The van der Waals surface area contributed by atoms with Gasteiger partial charge < -0.3 is 19.9 Å². The predicted molar refractivity (Wildman–Crippen MR) is 122 cm³/mol. The highest BCUT2D eigenvalue weighted by atomic mass is 16.5. The number of pyridine rings is 1. The summed E-state index contributed by atoms with van der Waals surface area (Å²) >= 11 is 0. The van der Waals surface area contributed by atoms with Crippen molar-refractivity contribution >= 4 is 28.7 Å². The average Bonchev–Trinajstić information content (AvgIpc) is 3.07. The molecular weight excluding hydrogens is 408 g/mol. The number of carbonyl (C=O) groups is 2. The number of aryl methyl sites for hydroxylation is 4. The van der Waals surface area contributed by atoms with Crippen LogP contribution in [0.15, 0.2) is 30.3 Å². The standard InChI is InChI=1S/C23H28N6O3/c1-15-6-5-7-18(12-15)25-23(31)29-10-8-28(9-11-29)19(30)14-32-22-20-16(2)13-17(3)24-21(20)27(4)26-22/h5-7,12-13H,8-11,14H2,1-4H3,(H,25,31). The summed E-state index contributed by atoms with van der Waals surface area (Å²) in [6.45, 7) is 7.66. The number of nitrogens with one attached hydrogen (secondary N) is 1. The molecule has 1 aliphatic heterocycles. The van der Waals surface area contributed by atoms with Gasteiger partial charge in [0.15, 0.2) is 12.3 Å². The van der Waals surface area contributed by atoms with Crippen molar-refractivity contribution in [2.75, 3.05) is 38.1 Å². The van der Waals surface area contributed by atoms with Gasteiger partial charge in [0.25, 0.3) is 5.91 Å². The summed E-state index contributed by atoms with van der Waals surface area (Å²) in [5, 5.41) is 8.13. The van der Waals surface area contributed by atoms with Crippen molar-refractivity contribution in [1.82, 2.24) is 24.6 Å². The van der Waals surface area contributed by atoms with Crippen LogP contribution in [-0.4, -0.2) is 69.3 Å². The largest absolute Gasteiger partial charge is 0.466 e. The smallest absolute Gasteiger partial charge is 0.321 e. The van der Waals surface area contributed by atoms with Crippen LogP contribution in [0, 0.1) is 20.8 Å². The van der Waals surface area contributed by atoms with Gasteiger partial charge in [0, 0.05) is 44.6 Å². The van der Waals surface area contributed by atoms with Gasteiger partial charge in [-0.25, -0.2) is 14.5 Å². The molecule has 168 valence electrons. The minimum absolute atomic E-state index is 0.102. The first kappa shape index (κ1) is 21.6. The lowest BCUT2D eigenvalue weighted by atomic mass is 10.2. The zero-order chi connectivity index (χ0) is 22.8. The average molecular weight is 437 g/mol. The Bertz CT molecular complexity index is 1160. The normalized spacial score (nSPS) is 14.0. The zero-order valence-corrected chi connectivity index (χ0v) is 18.9. The SMILES string of the molecule is Cc1cccc(NC(=O)N2CCN(C(=O)COc3nn(C)c4nc(C)cc(C)c34)CC2)c1. The number of nitrogens with zero attached hydrogens (tertiary/aromatic N) is 5. The summed E-state index contributed by atoms with van der Waals surface area (Å²) < 4.78 is 7.45. The van der Waals surface area contributed by atoms with Crippen molar-refractivity contribution < 1.29 is 14.3 Å². The van der Waals surface area contributed by atoms with Gasteiger partial charge in [0.05, 0.1) is 5.39 Å². The zero-order valence-electron chi connectivity index (χ0n) is 18.9. The molecule has 3 aromatic rings. The fraction of sp³-hybridized carbons (Fsp3) is 0.391. The molecule has 0 bridgehead atoms. The number of anilines is 1. The molecule has 2 aromatic heterocycles. The number of rotatable bonds is 4. The molecule has 3 heterocycles. The van der Waals surface area contributed by atoms with Crippen LogP contribution in [0.3, 0.4) is 0 Å². The predicted octanol–water partition coefficient (Wildman–Crippen LogP) is 2.65. The Morgan fingerprint density at radius 1 is 1.06 bits per heavy atom. The lowest BCUT2D eigenvalue weighted by molar-refractivity contribution is -0.134. The molecule has 0 atom stereocenters. The molecule has 4 rings (SSSR count). The maximum absolute atomic E-state index is 12.7. The second kappa shape index (κ2) is 8.86. The van der Waals surface area contributed by atoms with Crippen molar-refractivity contribution in [3.63, 3.8) is 0 Å². The van der Waals surface area contributed by atoms with Crippen LogP contribution in [0.5, 0.6) is 5.88 Å². The Kier molecular flexibility index (Phi) is 5.98. The number of fused-ring (bicyclic) bond motifs is 1. The third kappa shape index (κ3) is 4.51. The number of hydrogen-bond acceptors (Lipinski definition) is 5. The van der Waals surface area contributed by atoms with E-state index in [1.807, 2.05) is 58.2 Å². The second-order valence-electron chi connectivity index (χ2n) is 8.16. The molecule has 0 radical (unpaired) electrons. The highest BCUT2D eigenvalue weighted by molar-refractivity contribution is 5.90. The van der Waals surface area contributed by atoms with E-state index in [0.717, 1.165) is 33.5 Å². The molecule has 9 heteroatoms. The van der Waals surface area contributed by atoms with Gasteiger partial charge in [-0.05, 0) is 50.1 Å². The van der Waals surface area contributed by atoms with E-state index in [9.17, 15) is 9.59 Å². The Hall–Kier alpha value is -3.62. The van der Waals surface area contributed by atoms with Gasteiger partial charge in [0.1, 0.15) is 0 Å². The number of piperazine rings is 1. The van der Waals surface area contributed by atoms with E-state index in [2.05, 4.69) is 15.4 Å². The summed E-state index contributed by atoms with van der Waals surface area (Å²) in [7, 11) is 1.81. The molecular formula is C23H28N6O3. The van der Waals surface area contributed by atoms with E-state index >= 15 is 0 Å². The number of carbonyl (C=O) groups excluding carboxylic acids is 2. The van der Waals surface area contributed by atoms with Crippen molar-refractivity contribution in [2.24, 2.45) is 7.05 Å². The number of amides is 3. The first-order chi connectivity index (χ1) is 15.3. The first-order valence-electron chi connectivity index (χ1n) is 10.7. The lowest BCUT2D eigenvalue weighted by Crippen LogP contribution is -2.52. The van der Waals surface area contributed by atoms with Crippen LogP contribution in [0.2, 0.25) is 0 Å². The molecule has 1 saturated heterocycles. The van der Waals surface area contributed by atoms with Crippen molar-refractivity contribution in [1.29, 1.82) is 0 Å². The molecule has 0 spiro atoms. The number of hydrogen-bond donors (Lipinski definition) is 1. The molecule has 0 aliphatic carbocycles. The fourth-order valence-electron chi connectivity index (χ4n) is 3.96. The summed E-state index contributed by atoms with van der Waals surface area (Å²) in [6, 6.07) is 9.49. The Labute approximate surface area is 187 Å². The molecule has 1 aromatic carbocycles. The molecule has 0 saturated carbocycles. The van der Waals surface area contributed by atoms with Crippen LogP contribution >= 0.6 is 0 Å². The van der Waals surface area contributed by atoms with E-state index in [1.165, 1.54) is 0 Å². The highest BCUT2D eigenvalue weighted by Crippen LogP contribution is 2.27. The maximum atomic E-state index is 12.7. The maximum Gasteiger partial charge on any atom is 0.321 e. The minimum Gasteiger partial charge on any atom is -0.466 e. The Balaban J connectivity index is 1.31. The monoisotopic (exact) mass is 436 g/mol. The summed E-state index contributed by atoms with van der Waals surface area (Å²) in [5.74, 6) is 0.289. The molecule has 1 N–H and O–H groups in total. The van der Waals surface area contributed by atoms with Gasteiger partial charge in [-0.1, -0.05) is 12.1 Å². The lowest BCUT2D eigenvalue weighted by Gasteiger charge is -2.34. The van der Waals surface area contributed by atoms with E-state index < -0.39 is 0 Å². The van der Waals surface area contributed by atoms with E-state index in [0.29, 0.717) is 32.1 Å². The van der Waals surface area contributed by atoms with E-state index in [4.69, 9.17) is 4.74 Å². The molecule has 1 fully saturated rings. The topological polar surface area (TPSA) is 92.6 Å². The molecule has 1 aliphatic rings. The van der Waals surface area contributed by atoms with Crippen LogP contribution in [0.25, 0.3) is 11.0 Å². The van der Waals surface area contributed by atoms with Crippen molar-refractivity contribution in [3.05, 3.63) is 47.2 Å². The van der Waals surface area contributed by atoms with E-state index in [-0.39, 0.29) is 18.5 Å². The summed E-state index contributed by atoms with van der Waals surface area (Å²) in [6.07, 6.45) is 0. The number of ether oxygens (including phenoxy) is 1. The third-order valence-corrected chi connectivity index (χ3v) is 5.61. The summed E-state index contributed by atoms with van der Waals surface area (Å²) in [4.78, 5) is 33.2. The van der Waals surface area contributed by atoms with Gasteiger partial charge in [0.2, 0.25) is 5.88 Å². The van der Waals surface area contributed by atoms with Crippen LogP contribution in [0.1, 0.15) is 16.8 Å². The quantitative estimate of drug-likeness (QED) is 0.679. The summed E-state index contributed by atoms with van der Waals surface area (Å²) in [5.41, 5.74) is 4.50. The molecule has 0 unspecified atom stereocenters. The van der Waals surface area contributed by atoms with Crippen molar-refractivity contribution in [3.8, 4) is 5.88 Å². The second-order valence-corrected chi connectivity index (χ2v) is 8.16. The Morgan fingerprint density at radius 2 is 1.78 bits per heavy atom. The van der Waals surface area contributed by atoms with Crippen molar-refractivity contribution in [2.45, 2.75) is 20.8 Å². The molecule has 32 heavy (non-hydrogen) atoms. The van der Waals surface area contributed by atoms with Crippen LogP contribution in [-0.2, 0) is 11.8 Å². The van der Waals surface area contributed by atoms with Gasteiger partial charge >= 0.3 is 6.03 Å². The van der Waals surface area contributed by atoms with Gasteiger partial charge in [-0.3, -0.25) is 4.79 Å². The molecule has 9 nitrogen and oxygen atoms in total. The number of urea groups is 1. The number of aromatic nitrogens is 3. The Morgan fingerprint density at radius 3 is 2.50 bits per heavy atom. The molecule has 3 amide bonds. The minimum atomic E-state index is -0.155.